The molecule has 164 valence electrons. The minimum Gasteiger partial charge on any atom is -0.444 e. The van der Waals surface area contributed by atoms with Gasteiger partial charge in [0.2, 0.25) is 0 Å². The lowest BCUT2D eigenvalue weighted by Gasteiger charge is -2.43. The number of hydrogen-bond donors (Lipinski definition) is 2. The average molecular weight is 430 g/mol. The number of amides is 1. The van der Waals surface area contributed by atoms with E-state index in [1.165, 1.54) is 0 Å². The van der Waals surface area contributed by atoms with E-state index in [1.807, 2.05) is 36.4 Å². The van der Waals surface area contributed by atoms with Gasteiger partial charge in [-0.25, -0.2) is 4.79 Å². The van der Waals surface area contributed by atoms with Crippen LogP contribution in [-0.4, -0.2) is 44.4 Å². The molecule has 6 heteroatoms. The minimum atomic E-state index is -2.71. The topological polar surface area (TPSA) is 67.8 Å². The highest BCUT2D eigenvalue weighted by Gasteiger charge is 2.50. The zero-order valence-electron chi connectivity index (χ0n) is 18.9. The Hall–Kier alpha value is -2.15. The fourth-order valence-corrected chi connectivity index (χ4v) is 8.15. The molecule has 0 saturated heterocycles. The van der Waals surface area contributed by atoms with Crippen molar-refractivity contribution < 1.29 is 19.1 Å². The first-order chi connectivity index (χ1) is 14.0. The summed E-state index contributed by atoms with van der Waals surface area (Å²) in [6.07, 6.45) is -1.40. The van der Waals surface area contributed by atoms with Gasteiger partial charge in [0.25, 0.3) is 8.32 Å². The van der Waals surface area contributed by atoms with E-state index in [0.29, 0.717) is 0 Å². The number of nitrogens with one attached hydrogen (secondary N) is 1. The molecule has 5 nitrogen and oxygen atoms in total. The van der Waals surface area contributed by atoms with Gasteiger partial charge in [-0.2, -0.15) is 0 Å². The van der Waals surface area contributed by atoms with Crippen molar-refractivity contribution in [3.8, 4) is 0 Å². The molecule has 2 N–H and O–H groups in total. The number of hydrogen-bond acceptors (Lipinski definition) is 4. The molecule has 0 saturated carbocycles. The van der Waals surface area contributed by atoms with Gasteiger partial charge < -0.3 is 19.6 Å². The van der Waals surface area contributed by atoms with E-state index in [1.54, 1.807) is 20.8 Å². The van der Waals surface area contributed by atoms with Crippen LogP contribution in [0.2, 0.25) is 5.04 Å². The zero-order chi connectivity index (χ0) is 22.4. The SMILES string of the molecule is CC(C)(C)OC(=O)NC[C@@H](O)CO[Si](c1ccccc1)(c1ccccc1)C(C)(C)C. The molecule has 2 rings (SSSR count). The molecular formula is C24H35NO4Si. The normalized spacial score (nSPS) is 13.6. The fraction of sp³-hybridized carbons (Fsp3) is 0.458. The second kappa shape index (κ2) is 9.77. The van der Waals surface area contributed by atoms with Gasteiger partial charge in [-0.3, -0.25) is 0 Å². The van der Waals surface area contributed by atoms with Gasteiger partial charge in [-0.15, -0.1) is 0 Å². The first kappa shape index (κ1) is 24.1. The number of aliphatic hydroxyl groups excluding tert-OH is 1. The molecule has 0 bridgehead atoms. The van der Waals surface area contributed by atoms with Crippen LogP contribution >= 0.6 is 0 Å². The van der Waals surface area contributed by atoms with Gasteiger partial charge in [-0.1, -0.05) is 81.4 Å². The van der Waals surface area contributed by atoms with E-state index in [4.69, 9.17) is 9.16 Å². The number of aliphatic hydroxyl groups is 1. The predicted molar refractivity (Wildman–Crippen MR) is 124 cm³/mol. The third-order valence-electron chi connectivity index (χ3n) is 4.79. The molecule has 0 heterocycles. The third kappa shape index (κ3) is 6.17. The monoisotopic (exact) mass is 429 g/mol. The summed E-state index contributed by atoms with van der Waals surface area (Å²) in [5.41, 5.74) is -0.583. The van der Waals surface area contributed by atoms with E-state index in [-0.39, 0.29) is 18.2 Å². The van der Waals surface area contributed by atoms with E-state index >= 15 is 0 Å². The molecule has 30 heavy (non-hydrogen) atoms. The van der Waals surface area contributed by atoms with E-state index in [9.17, 15) is 9.90 Å². The van der Waals surface area contributed by atoms with Crippen LogP contribution in [0.4, 0.5) is 4.79 Å². The van der Waals surface area contributed by atoms with Crippen molar-refractivity contribution >= 4 is 24.8 Å². The smallest absolute Gasteiger partial charge is 0.407 e. The lowest BCUT2D eigenvalue weighted by Crippen LogP contribution is -2.67. The van der Waals surface area contributed by atoms with Gasteiger partial charge in [0.15, 0.2) is 0 Å². The average Bonchev–Trinajstić information content (AvgIpc) is 2.66. The zero-order valence-corrected chi connectivity index (χ0v) is 19.9. The van der Waals surface area contributed by atoms with Crippen LogP contribution in [0.1, 0.15) is 41.5 Å². The number of alkyl carbamates (subject to hydrolysis) is 1. The molecule has 0 unspecified atom stereocenters. The van der Waals surface area contributed by atoms with Crippen LogP contribution in [-0.2, 0) is 9.16 Å². The van der Waals surface area contributed by atoms with Crippen molar-refractivity contribution in [2.45, 2.75) is 58.3 Å². The molecule has 0 spiro atoms. The van der Waals surface area contributed by atoms with Crippen LogP contribution in [0.3, 0.4) is 0 Å². The van der Waals surface area contributed by atoms with Crippen molar-refractivity contribution in [2.75, 3.05) is 13.2 Å². The van der Waals surface area contributed by atoms with Crippen LogP contribution in [0.5, 0.6) is 0 Å². The van der Waals surface area contributed by atoms with Crippen molar-refractivity contribution in [1.29, 1.82) is 0 Å². The van der Waals surface area contributed by atoms with Gasteiger partial charge in [0.1, 0.15) is 5.60 Å². The lowest BCUT2D eigenvalue weighted by atomic mass is 10.2. The molecule has 0 aliphatic heterocycles. The Bertz CT molecular complexity index is 758. The molecule has 0 aliphatic carbocycles. The summed E-state index contributed by atoms with van der Waals surface area (Å²) in [4.78, 5) is 11.9. The Morgan fingerprint density at radius 1 is 0.933 bits per heavy atom. The standard InChI is InChI=1S/C24H35NO4Si/c1-23(2,3)29-22(27)25-17-19(26)18-28-30(24(4,5)6,20-13-9-7-10-14-20)21-15-11-8-12-16-21/h7-16,19,26H,17-18H2,1-6H3,(H,25,27)/t19-/m1/s1. The number of carbonyl (C=O) groups is 1. The molecule has 0 aliphatic rings. The third-order valence-corrected chi connectivity index (χ3v) is 9.79. The van der Waals surface area contributed by atoms with Gasteiger partial charge in [-0.05, 0) is 36.2 Å². The molecule has 0 radical (unpaired) electrons. The predicted octanol–water partition coefficient (Wildman–Crippen LogP) is 3.45. The number of carbonyl (C=O) groups excluding carboxylic acids is 1. The molecular weight excluding hydrogens is 394 g/mol. The number of ether oxygens (including phenoxy) is 1. The van der Waals surface area contributed by atoms with Gasteiger partial charge in [0.05, 0.1) is 12.7 Å². The quantitative estimate of drug-likeness (QED) is 0.662. The second-order valence-electron chi connectivity index (χ2n) is 9.51. The first-order valence-corrected chi connectivity index (χ1v) is 12.3. The van der Waals surface area contributed by atoms with Gasteiger partial charge >= 0.3 is 6.09 Å². The molecule has 0 aromatic heterocycles. The maximum Gasteiger partial charge on any atom is 0.407 e. The molecule has 1 atom stereocenters. The summed E-state index contributed by atoms with van der Waals surface area (Å²) in [5, 5.41) is 15.3. The van der Waals surface area contributed by atoms with Crippen molar-refractivity contribution in [1.82, 2.24) is 5.32 Å². The summed E-state index contributed by atoms with van der Waals surface area (Å²) < 4.78 is 11.9. The highest BCUT2D eigenvalue weighted by molar-refractivity contribution is 6.99. The summed E-state index contributed by atoms with van der Waals surface area (Å²) in [5.74, 6) is 0. The highest BCUT2D eigenvalue weighted by atomic mass is 28.4. The summed E-state index contributed by atoms with van der Waals surface area (Å²) in [6, 6.07) is 20.5. The van der Waals surface area contributed by atoms with Crippen LogP contribution in [0.25, 0.3) is 0 Å². The van der Waals surface area contributed by atoms with Gasteiger partial charge in [0, 0.05) is 6.54 Å². The Labute approximate surface area is 181 Å². The second-order valence-corrected chi connectivity index (χ2v) is 13.8. The molecule has 2 aromatic rings. The van der Waals surface area contributed by atoms with Crippen molar-refractivity contribution in [3.05, 3.63) is 60.7 Å². The largest absolute Gasteiger partial charge is 0.444 e. The summed E-state index contributed by atoms with van der Waals surface area (Å²) >= 11 is 0. The van der Waals surface area contributed by atoms with Crippen molar-refractivity contribution in [2.24, 2.45) is 0 Å². The van der Waals surface area contributed by atoms with E-state index in [2.05, 4.69) is 50.4 Å². The maximum atomic E-state index is 11.9. The van der Waals surface area contributed by atoms with E-state index < -0.39 is 26.1 Å². The Balaban J connectivity index is 2.24. The highest BCUT2D eigenvalue weighted by Crippen LogP contribution is 2.36. The van der Waals surface area contributed by atoms with Crippen LogP contribution in [0.15, 0.2) is 60.7 Å². The Morgan fingerprint density at radius 2 is 1.40 bits per heavy atom. The molecule has 2 aromatic carbocycles. The van der Waals surface area contributed by atoms with Crippen LogP contribution < -0.4 is 15.7 Å². The van der Waals surface area contributed by atoms with Crippen LogP contribution in [0, 0.1) is 0 Å². The van der Waals surface area contributed by atoms with Crippen molar-refractivity contribution in [3.63, 3.8) is 0 Å². The Kier molecular flexibility index (Phi) is 7.85. The lowest BCUT2D eigenvalue weighted by molar-refractivity contribution is 0.0458. The summed E-state index contributed by atoms with van der Waals surface area (Å²) in [6.45, 7) is 12.1. The number of rotatable bonds is 7. The summed E-state index contributed by atoms with van der Waals surface area (Å²) in [7, 11) is -2.71. The minimum absolute atomic E-state index is 0.0626. The fourth-order valence-electron chi connectivity index (χ4n) is 3.56. The maximum absolute atomic E-state index is 11.9. The van der Waals surface area contributed by atoms with E-state index in [0.717, 1.165) is 10.4 Å². The molecule has 0 fully saturated rings. The number of benzene rings is 2. The Morgan fingerprint density at radius 3 is 1.80 bits per heavy atom. The molecule has 1 amide bonds. The first-order valence-electron chi connectivity index (χ1n) is 10.4.